The van der Waals surface area contributed by atoms with E-state index in [4.69, 9.17) is 9.73 Å². The highest BCUT2D eigenvalue weighted by Crippen LogP contribution is 2.29. The van der Waals surface area contributed by atoms with Gasteiger partial charge in [0.25, 0.3) is 0 Å². The number of hydrogen-bond donors (Lipinski definition) is 0. The molecule has 2 atom stereocenters. The van der Waals surface area contributed by atoms with E-state index in [1.165, 1.54) is 0 Å². The highest BCUT2D eigenvalue weighted by atomic mass is 16.5. The minimum Gasteiger partial charge on any atom is -0.366 e. The van der Waals surface area contributed by atoms with E-state index in [1.54, 1.807) is 18.0 Å². The van der Waals surface area contributed by atoms with Crippen LogP contribution < -0.4 is 10.6 Å². The lowest BCUT2D eigenvalue weighted by molar-refractivity contribution is -0.121. The number of benzene rings is 1. The van der Waals surface area contributed by atoms with Crippen molar-refractivity contribution in [2.24, 2.45) is 12.0 Å². The zero-order valence-electron chi connectivity index (χ0n) is 17.7. The maximum atomic E-state index is 12.4. The fourth-order valence-corrected chi connectivity index (χ4v) is 4.66. The molecule has 0 bridgehead atoms. The summed E-state index contributed by atoms with van der Waals surface area (Å²) in [6.07, 6.45) is 12.4. The second-order valence-electron chi connectivity index (χ2n) is 8.20. The van der Waals surface area contributed by atoms with Gasteiger partial charge in [-0.25, -0.2) is 0 Å². The average molecular weight is 415 g/mol. The lowest BCUT2D eigenvalue weighted by Crippen LogP contribution is -2.57. The molecule has 2 aromatic heterocycles. The number of nitrogens with zero attached hydrogens (tertiary/aromatic N) is 5. The Morgan fingerprint density at radius 3 is 2.65 bits per heavy atom. The molecule has 7 heteroatoms. The van der Waals surface area contributed by atoms with E-state index in [0.717, 1.165) is 58.5 Å². The number of pyridine rings is 1. The molecule has 5 rings (SSSR count). The molecule has 7 nitrogen and oxygen atoms in total. The number of ether oxygens (including phenoxy) is 1. The third-order valence-corrected chi connectivity index (χ3v) is 6.31. The summed E-state index contributed by atoms with van der Waals surface area (Å²) in [5, 5.41) is 6.02. The van der Waals surface area contributed by atoms with Crippen LogP contribution in [0.4, 0.5) is 0 Å². The van der Waals surface area contributed by atoms with Gasteiger partial charge in [0, 0.05) is 49.4 Å². The summed E-state index contributed by atoms with van der Waals surface area (Å²) in [4.78, 5) is 23.7. The average Bonchev–Trinajstić information content (AvgIpc) is 3.48. The summed E-state index contributed by atoms with van der Waals surface area (Å²) in [5.41, 5.74) is 3.39. The number of aryl methyl sites for hydroxylation is 1. The van der Waals surface area contributed by atoms with Crippen LogP contribution in [0.1, 0.15) is 12.8 Å². The zero-order valence-corrected chi connectivity index (χ0v) is 17.7. The predicted molar refractivity (Wildman–Crippen MR) is 118 cm³/mol. The molecule has 2 aliphatic heterocycles. The lowest BCUT2D eigenvalue weighted by atomic mass is 9.92. The Balaban J connectivity index is 1.59. The van der Waals surface area contributed by atoms with Crippen molar-refractivity contribution in [1.29, 1.82) is 0 Å². The van der Waals surface area contributed by atoms with Crippen LogP contribution in [0.15, 0.2) is 54.0 Å². The van der Waals surface area contributed by atoms with Gasteiger partial charge in [-0.15, -0.1) is 0 Å². The normalized spacial score (nSPS) is 23.1. The van der Waals surface area contributed by atoms with Crippen LogP contribution in [0.3, 0.4) is 0 Å². The van der Waals surface area contributed by atoms with Crippen molar-refractivity contribution in [2.45, 2.75) is 24.6 Å². The number of aromatic nitrogens is 3. The molecule has 1 fully saturated rings. The van der Waals surface area contributed by atoms with Crippen molar-refractivity contribution in [3.05, 3.63) is 59.6 Å². The predicted octanol–water partition coefficient (Wildman–Crippen LogP) is 1.57. The van der Waals surface area contributed by atoms with Crippen molar-refractivity contribution in [2.75, 3.05) is 20.2 Å². The smallest absolute Gasteiger partial charge is 0.146 e. The maximum absolute atomic E-state index is 12.4. The second-order valence-corrected chi connectivity index (χ2v) is 8.20. The minimum atomic E-state index is -0.796. The summed E-state index contributed by atoms with van der Waals surface area (Å²) in [6.45, 7) is 1.20. The Hall–Kier alpha value is -3.16. The van der Waals surface area contributed by atoms with Crippen molar-refractivity contribution >= 4 is 12.4 Å². The Kier molecular flexibility index (Phi) is 5.00. The largest absolute Gasteiger partial charge is 0.366 e. The molecule has 0 saturated carbocycles. The van der Waals surface area contributed by atoms with Gasteiger partial charge < -0.3 is 9.53 Å². The number of fused-ring (bicyclic) bond motifs is 1. The van der Waals surface area contributed by atoms with Gasteiger partial charge in [0.05, 0.1) is 24.3 Å². The lowest BCUT2D eigenvalue weighted by Gasteiger charge is -2.38. The molecule has 1 aromatic carbocycles. The Morgan fingerprint density at radius 2 is 1.94 bits per heavy atom. The molecule has 2 aliphatic rings. The standard InChI is InChI=1S/C24H25N5O2/c1-28-14-19(11-27-28)17-5-7-18(8-6-17)21-12-25-13-22-20(21)10-24(16-30,15-26-22)29-9-3-4-23(29)31-2/h5-8,10-14,16,23H,3-4,9,15H2,1-2H3/t23?,24-/m1/s1. The maximum Gasteiger partial charge on any atom is 0.146 e. The highest BCUT2D eigenvalue weighted by Gasteiger charge is 2.42. The number of aldehydes is 1. The van der Waals surface area contributed by atoms with Gasteiger partial charge >= 0.3 is 0 Å². The number of rotatable bonds is 5. The van der Waals surface area contributed by atoms with Crippen LogP contribution >= 0.6 is 0 Å². The molecule has 1 saturated heterocycles. The molecule has 0 radical (unpaired) electrons. The van der Waals surface area contributed by atoms with Gasteiger partial charge in [0.15, 0.2) is 0 Å². The Morgan fingerprint density at radius 1 is 1.13 bits per heavy atom. The van der Waals surface area contributed by atoms with Crippen LogP contribution in [0.5, 0.6) is 0 Å². The van der Waals surface area contributed by atoms with Crippen molar-refractivity contribution < 1.29 is 9.53 Å². The van der Waals surface area contributed by atoms with E-state index < -0.39 is 5.54 Å². The third-order valence-electron chi connectivity index (χ3n) is 6.31. The number of likely N-dealkylation sites (tertiary alicyclic amines) is 1. The quantitative estimate of drug-likeness (QED) is 0.592. The van der Waals surface area contributed by atoms with E-state index in [0.29, 0.717) is 6.54 Å². The fourth-order valence-electron chi connectivity index (χ4n) is 4.66. The molecule has 4 heterocycles. The first-order chi connectivity index (χ1) is 15.1. The van der Waals surface area contributed by atoms with Gasteiger partial charge in [0.1, 0.15) is 18.1 Å². The second kappa shape index (κ2) is 7.83. The number of carbonyl (C=O) groups excluding carboxylic acids is 1. The van der Waals surface area contributed by atoms with Crippen molar-refractivity contribution in [1.82, 2.24) is 19.7 Å². The summed E-state index contributed by atoms with van der Waals surface area (Å²) >= 11 is 0. The van der Waals surface area contributed by atoms with Gasteiger partial charge in [-0.05, 0) is 30.0 Å². The number of carbonyl (C=O) groups is 1. The summed E-state index contributed by atoms with van der Waals surface area (Å²) in [5.74, 6) is 0. The third kappa shape index (κ3) is 3.40. The Labute approximate surface area is 180 Å². The monoisotopic (exact) mass is 415 g/mol. The molecule has 158 valence electrons. The van der Waals surface area contributed by atoms with Crippen LogP contribution in [-0.2, 0) is 16.6 Å². The van der Waals surface area contributed by atoms with Gasteiger partial charge in [-0.1, -0.05) is 24.3 Å². The van der Waals surface area contributed by atoms with E-state index in [9.17, 15) is 4.79 Å². The van der Waals surface area contributed by atoms with Gasteiger partial charge in [-0.3, -0.25) is 19.6 Å². The molecule has 0 spiro atoms. The van der Waals surface area contributed by atoms with E-state index in [2.05, 4.69) is 45.3 Å². The first-order valence-electron chi connectivity index (χ1n) is 10.5. The molecule has 31 heavy (non-hydrogen) atoms. The van der Waals surface area contributed by atoms with Crippen LogP contribution in [0.2, 0.25) is 0 Å². The number of methoxy groups -OCH3 is 1. The van der Waals surface area contributed by atoms with E-state index >= 15 is 0 Å². The van der Waals surface area contributed by atoms with Crippen LogP contribution in [0.25, 0.3) is 28.3 Å². The van der Waals surface area contributed by atoms with Crippen LogP contribution in [0, 0.1) is 0 Å². The molecule has 1 unspecified atom stereocenters. The zero-order chi connectivity index (χ0) is 21.4. The van der Waals surface area contributed by atoms with Gasteiger partial charge in [0.2, 0.25) is 0 Å². The molecule has 0 N–H and O–H groups in total. The first kappa shape index (κ1) is 19.8. The van der Waals surface area contributed by atoms with Gasteiger partial charge in [-0.2, -0.15) is 5.10 Å². The molecular weight excluding hydrogens is 390 g/mol. The fraction of sp³-hybridized carbons (Fsp3) is 0.333. The highest BCUT2D eigenvalue weighted by molar-refractivity contribution is 5.79. The molecule has 0 amide bonds. The SMILES string of the molecule is COC1CCCN1[C@]1(C=O)C=c2c(-c3ccc(-c4cnn(C)c4)cc3)cncc2=NC1. The Bertz CT molecular complexity index is 1230. The summed E-state index contributed by atoms with van der Waals surface area (Å²) in [7, 11) is 3.61. The summed E-state index contributed by atoms with van der Waals surface area (Å²) in [6, 6.07) is 8.33. The number of hydrogen-bond acceptors (Lipinski definition) is 6. The first-order valence-corrected chi connectivity index (χ1v) is 10.5. The van der Waals surface area contributed by atoms with Crippen molar-refractivity contribution in [3.63, 3.8) is 0 Å². The van der Waals surface area contributed by atoms with Crippen molar-refractivity contribution in [3.8, 4) is 22.3 Å². The van der Waals surface area contributed by atoms with E-state index in [-0.39, 0.29) is 6.23 Å². The topological polar surface area (TPSA) is 72.6 Å². The minimum absolute atomic E-state index is 0.0674. The molecular formula is C24H25N5O2. The molecule has 3 aromatic rings. The van der Waals surface area contributed by atoms with E-state index in [1.807, 2.05) is 25.6 Å². The summed E-state index contributed by atoms with van der Waals surface area (Å²) < 4.78 is 7.44. The van der Waals surface area contributed by atoms with Crippen LogP contribution in [-0.4, -0.2) is 57.9 Å². The molecule has 0 aliphatic carbocycles.